The summed E-state index contributed by atoms with van der Waals surface area (Å²) >= 11 is 1.63. The number of amides is 1. The number of thioether (sulfide) groups is 1. The standard InChI is InChI=1S/C25H30N4O5S/c1-31-20-12-11-19(22(32-2)23(20)33-3)24(30)26-14-21-27-28-25(35-16-18-10-7-13-34-18)29(21)15-17-8-5-4-6-9-17/h4-6,8-9,11-12,18H,7,10,13-16H2,1-3H3,(H,26,30). The Morgan fingerprint density at radius 3 is 2.57 bits per heavy atom. The second-order valence-corrected chi connectivity index (χ2v) is 8.97. The van der Waals surface area contributed by atoms with E-state index in [0.29, 0.717) is 35.2 Å². The maximum Gasteiger partial charge on any atom is 0.255 e. The van der Waals surface area contributed by atoms with Gasteiger partial charge in [0.1, 0.15) is 0 Å². The lowest BCUT2D eigenvalue weighted by molar-refractivity contribution is 0.0945. The second-order valence-electron chi connectivity index (χ2n) is 7.98. The molecule has 0 bridgehead atoms. The van der Waals surface area contributed by atoms with Gasteiger partial charge in [0, 0.05) is 12.4 Å². The minimum absolute atomic E-state index is 0.205. The smallest absolute Gasteiger partial charge is 0.255 e. The molecule has 1 aliphatic rings. The molecule has 0 saturated carbocycles. The highest BCUT2D eigenvalue weighted by atomic mass is 32.2. The van der Waals surface area contributed by atoms with Crippen molar-refractivity contribution >= 4 is 17.7 Å². The molecule has 35 heavy (non-hydrogen) atoms. The molecule has 186 valence electrons. The largest absolute Gasteiger partial charge is 0.493 e. The van der Waals surface area contributed by atoms with Gasteiger partial charge < -0.3 is 28.8 Å². The van der Waals surface area contributed by atoms with E-state index in [2.05, 4.69) is 27.6 Å². The zero-order valence-corrected chi connectivity index (χ0v) is 21.0. The molecule has 2 heterocycles. The summed E-state index contributed by atoms with van der Waals surface area (Å²) in [6.07, 6.45) is 2.40. The Morgan fingerprint density at radius 2 is 1.89 bits per heavy atom. The SMILES string of the molecule is COc1ccc(C(=O)NCc2nnc(SCC3CCCO3)n2Cc2ccccc2)c(OC)c1OC. The Morgan fingerprint density at radius 1 is 1.09 bits per heavy atom. The summed E-state index contributed by atoms with van der Waals surface area (Å²) in [5.74, 6) is 2.33. The van der Waals surface area contributed by atoms with Crippen molar-refractivity contribution < 1.29 is 23.7 Å². The van der Waals surface area contributed by atoms with Gasteiger partial charge in [0.15, 0.2) is 22.5 Å². The summed E-state index contributed by atoms with van der Waals surface area (Å²) in [6.45, 7) is 1.63. The molecule has 3 aromatic rings. The predicted molar refractivity (Wildman–Crippen MR) is 133 cm³/mol. The van der Waals surface area contributed by atoms with Crippen molar-refractivity contribution in [3.05, 3.63) is 59.4 Å². The normalized spacial score (nSPS) is 15.1. The van der Waals surface area contributed by atoms with Crippen LogP contribution in [0.25, 0.3) is 0 Å². The van der Waals surface area contributed by atoms with Crippen molar-refractivity contribution in [3.63, 3.8) is 0 Å². The Labute approximate surface area is 209 Å². The van der Waals surface area contributed by atoms with Crippen molar-refractivity contribution in [2.75, 3.05) is 33.7 Å². The second kappa shape index (κ2) is 11.9. The highest BCUT2D eigenvalue weighted by molar-refractivity contribution is 7.99. The number of aromatic nitrogens is 3. The van der Waals surface area contributed by atoms with Gasteiger partial charge in [0.25, 0.3) is 5.91 Å². The van der Waals surface area contributed by atoms with E-state index in [-0.39, 0.29) is 18.6 Å². The maximum atomic E-state index is 13.1. The number of carbonyl (C=O) groups is 1. The van der Waals surface area contributed by atoms with Gasteiger partial charge in [-0.1, -0.05) is 42.1 Å². The van der Waals surface area contributed by atoms with E-state index in [9.17, 15) is 4.79 Å². The lowest BCUT2D eigenvalue weighted by Gasteiger charge is -2.16. The molecule has 1 fully saturated rings. The van der Waals surface area contributed by atoms with E-state index >= 15 is 0 Å². The summed E-state index contributed by atoms with van der Waals surface area (Å²) < 4.78 is 24.0. The fraction of sp³-hybridized carbons (Fsp3) is 0.400. The molecule has 1 aliphatic heterocycles. The van der Waals surface area contributed by atoms with Gasteiger partial charge in [-0.3, -0.25) is 4.79 Å². The van der Waals surface area contributed by atoms with Crippen LogP contribution in [-0.2, 0) is 17.8 Å². The number of benzene rings is 2. The van der Waals surface area contributed by atoms with E-state index in [0.717, 1.165) is 35.9 Å². The molecule has 9 nitrogen and oxygen atoms in total. The number of nitrogens with one attached hydrogen (secondary N) is 1. The van der Waals surface area contributed by atoms with E-state index in [1.807, 2.05) is 22.8 Å². The molecule has 1 saturated heterocycles. The first-order valence-corrected chi connectivity index (χ1v) is 12.4. The van der Waals surface area contributed by atoms with Gasteiger partial charge in [-0.05, 0) is 30.5 Å². The topological polar surface area (TPSA) is 96.7 Å². The Hall–Kier alpha value is -3.24. The summed E-state index contributed by atoms with van der Waals surface area (Å²) in [6, 6.07) is 13.4. The van der Waals surface area contributed by atoms with Crippen molar-refractivity contribution in [2.24, 2.45) is 0 Å². The highest BCUT2D eigenvalue weighted by Gasteiger charge is 2.22. The molecule has 1 amide bonds. The van der Waals surface area contributed by atoms with Crippen molar-refractivity contribution in [1.29, 1.82) is 0 Å². The Balaban J connectivity index is 1.52. The molecule has 1 unspecified atom stereocenters. The van der Waals surface area contributed by atoms with Crippen LogP contribution in [0.2, 0.25) is 0 Å². The van der Waals surface area contributed by atoms with Crippen LogP contribution >= 0.6 is 11.8 Å². The summed E-state index contributed by atoms with van der Waals surface area (Å²) in [4.78, 5) is 13.1. The fourth-order valence-electron chi connectivity index (χ4n) is 3.96. The molecule has 0 radical (unpaired) electrons. The number of carbonyl (C=O) groups excluding carboxylic acids is 1. The average molecular weight is 499 g/mol. The molecule has 0 spiro atoms. The van der Waals surface area contributed by atoms with Gasteiger partial charge in [0.05, 0.1) is 46.1 Å². The molecule has 2 aromatic carbocycles. The zero-order chi connectivity index (χ0) is 24.6. The third-order valence-corrected chi connectivity index (χ3v) is 6.85. The third kappa shape index (κ3) is 5.88. The van der Waals surface area contributed by atoms with Crippen LogP contribution in [0.15, 0.2) is 47.6 Å². The molecular weight excluding hydrogens is 468 g/mol. The number of nitrogens with zero attached hydrogens (tertiary/aromatic N) is 3. The van der Waals surface area contributed by atoms with Gasteiger partial charge >= 0.3 is 0 Å². The number of hydrogen-bond acceptors (Lipinski definition) is 8. The predicted octanol–water partition coefficient (Wildman–Crippen LogP) is 3.55. The molecule has 1 aromatic heterocycles. The molecule has 10 heteroatoms. The van der Waals surface area contributed by atoms with E-state index in [1.54, 1.807) is 23.9 Å². The number of hydrogen-bond donors (Lipinski definition) is 1. The first kappa shape index (κ1) is 24.9. The minimum atomic E-state index is -0.314. The minimum Gasteiger partial charge on any atom is -0.493 e. The lowest BCUT2D eigenvalue weighted by Crippen LogP contribution is -2.25. The van der Waals surface area contributed by atoms with Crippen LogP contribution < -0.4 is 19.5 Å². The number of ether oxygens (including phenoxy) is 4. The third-order valence-electron chi connectivity index (χ3n) is 5.76. The van der Waals surface area contributed by atoms with Crippen LogP contribution in [0.4, 0.5) is 0 Å². The number of rotatable bonds is 11. The maximum absolute atomic E-state index is 13.1. The zero-order valence-electron chi connectivity index (χ0n) is 20.2. The Bertz CT molecular complexity index is 1130. The first-order chi connectivity index (χ1) is 17.1. The summed E-state index contributed by atoms with van der Waals surface area (Å²) in [5, 5.41) is 12.5. The van der Waals surface area contributed by atoms with Crippen LogP contribution in [0, 0.1) is 0 Å². The van der Waals surface area contributed by atoms with Crippen LogP contribution in [0.3, 0.4) is 0 Å². The molecule has 1 atom stereocenters. The quantitative estimate of drug-likeness (QED) is 0.401. The monoisotopic (exact) mass is 498 g/mol. The molecule has 1 N–H and O–H groups in total. The lowest BCUT2D eigenvalue weighted by atomic mass is 10.1. The van der Waals surface area contributed by atoms with Crippen molar-refractivity contribution in [3.8, 4) is 17.2 Å². The van der Waals surface area contributed by atoms with Crippen LogP contribution in [0.5, 0.6) is 17.2 Å². The van der Waals surface area contributed by atoms with E-state index < -0.39 is 0 Å². The fourth-order valence-corrected chi connectivity index (χ4v) is 4.98. The van der Waals surface area contributed by atoms with E-state index in [4.69, 9.17) is 18.9 Å². The average Bonchev–Trinajstić information content (AvgIpc) is 3.55. The summed E-state index contributed by atoms with van der Waals surface area (Å²) in [7, 11) is 4.52. The Kier molecular flexibility index (Phi) is 8.49. The first-order valence-electron chi connectivity index (χ1n) is 11.4. The van der Waals surface area contributed by atoms with Crippen molar-refractivity contribution in [1.82, 2.24) is 20.1 Å². The van der Waals surface area contributed by atoms with E-state index in [1.165, 1.54) is 21.3 Å². The molecule has 0 aliphatic carbocycles. The van der Waals surface area contributed by atoms with Gasteiger partial charge in [0.2, 0.25) is 5.75 Å². The number of methoxy groups -OCH3 is 3. The summed E-state index contributed by atoms with van der Waals surface area (Å²) in [5.41, 5.74) is 1.47. The van der Waals surface area contributed by atoms with Gasteiger partial charge in [-0.25, -0.2) is 0 Å². The molecular formula is C25H30N4O5S. The van der Waals surface area contributed by atoms with Crippen LogP contribution in [-0.4, -0.2) is 60.5 Å². The highest BCUT2D eigenvalue weighted by Crippen LogP contribution is 2.39. The van der Waals surface area contributed by atoms with Gasteiger partial charge in [-0.2, -0.15) is 0 Å². The van der Waals surface area contributed by atoms with Crippen molar-refractivity contribution in [2.45, 2.75) is 37.2 Å². The van der Waals surface area contributed by atoms with Gasteiger partial charge in [-0.15, -0.1) is 10.2 Å². The molecule has 4 rings (SSSR count). The van der Waals surface area contributed by atoms with Crippen LogP contribution in [0.1, 0.15) is 34.6 Å².